The summed E-state index contributed by atoms with van der Waals surface area (Å²) in [5, 5.41) is 2.90. The van der Waals surface area contributed by atoms with Crippen LogP contribution in [0.4, 0.5) is 0 Å². The molecule has 0 aromatic carbocycles. The lowest BCUT2D eigenvalue weighted by Gasteiger charge is -2.19. The van der Waals surface area contributed by atoms with Crippen LogP contribution in [0.15, 0.2) is 24.5 Å². The van der Waals surface area contributed by atoms with Crippen LogP contribution in [0.25, 0.3) is 0 Å². The maximum atomic E-state index is 11.7. The van der Waals surface area contributed by atoms with Gasteiger partial charge in [0.15, 0.2) is 0 Å². The molecule has 1 aromatic rings. The van der Waals surface area contributed by atoms with Crippen molar-refractivity contribution in [2.45, 2.75) is 25.4 Å². The molecule has 1 aromatic heterocycles. The summed E-state index contributed by atoms with van der Waals surface area (Å²) in [5.74, 6) is -0.199. The summed E-state index contributed by atoms with van der Waals surface area (Å²) in [7, 11) is 1.52. The quantitative estimate of drug-likeness (QED) is 0.834. The van der Waals surface area contributed by atoms with Gasteiger partial charge in [-0.25, -0.2) is 0 Å². The molecular formula is C12H21Cl2N3O2. The van der Waals surface area contributed by atoms with Crippen molar-refractivity contribution in [2.24, 2.45) is 5.73 Å². The van der Waals surface area contributed by atoms with Gasteiger partial charge in [-0.1, -0.05) is 6.92 Å². The van der Waals surface area contributed by atoms with Crippen LogP contribution in [0.2, 0.25) is 0 Å². The molecule has 1 amide bonds. The fourth-order valence-electron chi connectivity index (χ4n) is 1.55. The molecule has 110 valence electrons. The summed E-state index contributed by atoms with van der Waals surface area (Å²) < 4.78 is 4.85. The van der Waals surface area contributed by atoms with Crippen LogP contribution >= 0.6 is 24.8 Å². The first-order valence-corrected chi connectivity index (χ1v) is 5.63. The van der Waals surface area contributed by atoms with Crippen molar-refractivity contribution in [1.82, 2.24) is 10.3 Å². The van der Waals surface area contributed by atoms with Crippen molar-refractivity contribution in [3.05, 3.63) is 30.1 Å². The van der Waals surface area contributed by atoms with Gasteiger partial charge >= 0.3 is 0 Å². The summed E-state index contributed by atoms with van der Waals surface area (Å²) in [4.78, 5) is 15.7. The molecule has 0 aliphatic carbocycles. The molecule has 0 saturated carbocycles. The van der Waals surface area contributed by atoms with Gasteiger partial charge in [0, 0.05) is 19.5 Å². The van der Waals surface area contributed by atoms with Crippen LogP contribution in [0, 0.1) is 0 Å². The number of carbonyl (C=O) groups is 1. The van der Waals surface area contributed by atoms with E-state index in [9.17, 15) is 4.79 Å². The Labute approximate surface area is 126 Å². The second-order valence-electron chi connectivity index (χ2n) is 3.81. The van der Waals surface area contributed by atoms with Crippen molar-refractivity contribution in [3.8, 4) is 0 Å². The second-order valence-corrected chi connectivity index (χ2v) is 3.81. The van der Waals surface area contributed by atoms with Crippen molar-refractivity contribution in [3.63, 3.8) is 0 Å². The molecule has 0 bridgehead atoms. The van der Waals surface area contributed by atoms with E-state index >= 15 is 0 Å². The first-order valence-electron chi connectivity index (χ1n) is 5.63. The number of hydrogen-bond acceptors (Lipinski definition) is 4. The number of carbonyl (C=O) groups excluding carboxylic acids is 1. The van der Waals surface area contributed by atoms with Gasteiger partial charge in [-0.05, 0) is 24.1 Å². The van der Waals surface area contributed by atoms with E-state index in [0.717, 1.165) is 12.0 Å². The third-order valence-corrected chi connectivity index (χ3v) is 2.52. The number of rotatable bonds is 6. The highest BCUT2D eigenvalue weighted by Gasteiger charge is 2.17. The van der Waals surface area contributed by atoms with Crippen LogP contribution in [0.3, 0.4) is 0 Å². The maximum Gasteiger partial charge on any atom is 0.239 e. The first kappa shape index (κ1) is 20.4. The first-order chi connectivity index (χ1) is 8.19. The minimum atomic E-state index is -0.629. The monoisotopic (exact) mass is 309 g/mol. The summed E-state index contributed by atoms with van der Waals surface area (Å²) in [6.07, 6.45) is 4.22. The highest BCUT2D eigenvalue weighted by molar-refractivity contribution is 5.85. The summed E-state index contributed by atoms with van der Waals surface area (Å²) in [6.45, 7) is 2.23. The van der Waals surface area contributed by atoms with Crippen molar-refractivity contribution >= 4 is 30.7 Å². The SMILES string of the molecule is CCC(NC(=O)C(N)COC)c1ccncc1.Cl.Cl. The average Bonchev–Trinajstić information content (AvgIpc) is 2.37. The molecule has 5 nitrogen and oxygen atoms in total. The third-order valence-electron chi connectivity index (χ3n) is 2.52. The zero-order chi connectivity index (χ0) is 12.7. The number of nitrogens with two attached hydrogens (primary N) is 1. The van der Waals surface area contributed by atoms with Gasteiger partial charge in [-0.2, -0.15) is 0 Å². The van der Waals surface area contributed by atoms with Gasteiger partial charge in [0.1, 0.15) is 6.04 Å². The van der Waals surface area contributed by atoms with Crippen LogP contribution in [0.5, 0.6) is 0 Å². The van der Waals surface area contributed by atoms with E-state index in [1.807, 2.05) is 19.1 Å². The molecule has 0 fully saturated rings. The molecular weight excluding hydrogens is 289 g/mol. The summed E-state index contributed by atoms with van der Waals surface area (Å²) in [6, 6.07) is 3.11. The van der Waals surface area contributed by atoms with E-state index in [4.69, 9.17) is 10.5 Å². The standard InChI is InChI=1S/C12H19N3O2.2ClH/c1-3-11(9-4-6-14-7-5-9)15-12(16)10(13)8-17-2;;/h4-7,10-11H,3,8,13H2,1-2H3,(H,15,16);2*1H. The van der Waals surface area contributed by atoms with E-state index < -0.39 is 6.04 Å². The normalized spacial score (nSPS) is 12.6. The zero-order valence-electron chi connectivity index (χ0n) is 11.0. The molecule has 19 heavy (non-hydrogen) atoms. The molecule has 0 saturated heterocycles. The predicted octanol–water partition coefficient (Wildman–Crippen LogP) is 1.47. The number of aromatic nitrogens is 1. The van der Waals surface area contributed by atoms with E-state index in [-0.39, 0.29) is 43.4 Å². The van der Waals surface area contributed by atoms with Gasteiger partial charge < -0.3 is 15.8 Å². The van der Waals surface area contributed by atoms with E-state index in [0.29, 0.717) is 0 Å². The second kappa shape index (κ2) is 11.0. The van der Waals surface area contributed by atoms with Gasteiger partial charge in [0.05, 0.1) is 12.6 Å². The Hall–Kier alpha value is -0.880. The Kier molecular flexibility index (Phi) is 11.8. The molecule has 0 aliphatic heterocycles. The zero-order valence-corrected chi connectivity index (χ0v) is 12.7. The van der Waals surface area contributed by atoms with Crippen molar-refractivity contribution in [2.75, 3.05) is 13.7 Å². The number of hydrogen-bond donors (Lipinski definition) is 2. The van der Waals surface area contributed by atoms with Crippen LogP contribution in [-0.4, -0.2) is 30.6 Å². The topological polar surface area (TPSA) is 77.2 Å². The van der Waals surface area contributed by atoms with Gasteiger partial charge in [-0.15, -0.1) is 24.8 Å². The van der Waals surface area contributed by atoms with Gasteiger partial charge in [0.2, 0.25) is 5.91 Å². The fraction of sp³-hybridized carbons (Fsp3) is 0.500. The van der Waals surface area contributed by atoms with Crippen LogP contribution in [-0.2, 0) is 9.53 Å². The number of nitrogens with one attached hydrogen (secondary N) is 1. The number of ether oxygens (including phenoxy) is 1. The van der Waals surface area contributed by atoms with Crippen molar-refractivity contribution < 1.29 is 9.53 Å². The molecule has 0 radical (unpaired) electrons. The number of amides is 1. The minimum Gasteiger partial charge on any atom is -0.383 e. The Balaban J connectivity index is 0. The van der Waals surface area contributed by atoms with Gasteiger partial charge in [-0.3, -0.25) is 9.78 Å². The lowest BCUT2D eigenvalue weighted by molar-refractivity contribution is -0.124. The number of methoxy groups -OCH3 is 1. The Morgan fingerprint density at radius 3 is 2.47 bits per heavy atom. The van der Waals surface area contributed by atoms with Gasteiger partial charge in [0.25, 0.3) is 0 Å². The molecule has 0 spiro atoms. The number of nitrogens with zero attached hydrogens (tertiary/aromatic N) is 1. The average molecular weight is 310 g/mol. The fourth-order valence-corrected chi connectivity index (χ4v) is 1.55. The molecule has 0 aliphatic rings. The molecule has 1 rings (SSSR count). The molecule has 2 atom stereocenters. The molecule has 7 heteroatoms. The van der Waals surface area contributed by atoms with E-state index in [2.05, 4.69) is 10.3 Å². The number of pyridine rings is 1. The lowest BCUT2D eigenvalue weighted by Crippen LogP contribution is -2.44. The van der Waals surface area contributed by atoms with E-state index in [1.165, 1.54) is 7.11 Å². The van der Waals surface area contributed by atoms with Crippen molar-refractivity contribution in [1.29, 1.82) is 0 Å². The number of halogens is 2. The maximum absolute atomic E-state index is 11.7. The molecule has 1 heterocycles. The Morgan fingerprint density at radius 2 is 2.00 bits per heavy atom. The lowest BCUT2D eigenvalue weighted by atomic mass is 10.1. The third kappa shape index (κ3) is 6.73. The minimum absolute atomic E-state index is 0. The Bertz CT molecular complexity index is 352. The Morgan fingerprint density at radius 1 is 1.42 bits per heavy atom. The largest absolute Gasteiger partial charge is 0.383 e. The smallest absolute Gasteiger partial charge is 0.239 e. The van der Waals surface area contributed by atoms with Crippen LogP contribution < -0.4 is 11.1 Å². The van der Waals surface area contributed by atoms with E-state index in [1.54, 1.807) is 12.4 Å². The van der Waals surface area contributed by atoms with Crippen LogP contribution in [0.1, 0.15) is 24.9 Å². The molecule has 2 unspecified atom stereocenters. The highest BCUT2D eigenvalue weighted by Crippen LogP contribution is 2.15. The summed E-state index contributed by atoms with van der Waals surface area (Å²) in [5.41, 5.74) is 6.69. The highest BCUT2D eigenvalue weighted by atomic mass is 35.5. The summed E-state index contributed by atoms with van der Waals surface area (Å²) >= 11 is 0. The molecule has 3 N–H and O–H groups in total. The predicted molar refractivity (Wildman–Crippen MR) is 79.8 cm³/mol.